The zero-order valence-corrected chi connectivity index (χ0v) is 19.5. The normalized spacial score (nSPS) is 20.8. The first kappa shape index (κ1) is 21.7. The first-order chi connectivity index (χ1) is 14.6. The summed E-state index contributed by atoms with van der Waals surface area (Å²) in [5.74, 6) is -0.373. The fourth-order valence-corrected chi connectivity index (χ4v) is 4.75. The number of carbonyl (C=O) groups is 2. The minimum atomic E-state index is -0.617. The van der Waals surface area contributed by atoms with Gasteiger partial charge in [-0.25, -0.2) is 9.79 Å². The van der Waals surface area contributed by atoms with Gasteiger partial charge in [-0.1, -0.05) is 41.6 Å². The van der Waals surface area contributed by atoms with Gasteiger partial charge in [0.2, 0.25) is 5.91 Å². The van der Waals surface area contributed by atoms with Crippen LogP contribution >= 0.6 is 11.8 Å². The second-order valence-electron chi connectivity index (χ2n) is 9.33. The summed E-state index contributed by atoms with van der Waals surface area (Å²) in [7, 11) is 0. The fourth-order valence-electron chi connectivity index (χ4n) is 3.79. The molecule has 1 N–H and O–H groups in total. The Morgan fingerprint density at radius 3 is 2.65 bits per heavy atom. The summed E-state index contributed by atoms with van der Waals surface area (Å²) < 4.78 is 5.76. The Kier molecular flexibility index (Phi) is 5.73. The molecule has 0 spiro atoms. The Morgan fingerprint density at radius 1 is 1.26 bits per heavy atom. The monoisotopic (exact) mass is 439 g/mol. The number of esters is 1. The van der Waals surface area contributed by atoms with Gasteiger partial charge in [0.25, 0.3) is 0 Å². The van der Waals surface area contributed by atoms with Crippen LogP contribution < -0.4 is 5.32 Å². The van der Waals surface area contributed by atoms with E-state index in [-0.39, 0.29) is 18.3 Å². The maximum Gasteiger partial charge on any atom is 0.338 e. The Bertz CT molecular complexity index is 1020. The van der Waals surface area contributed by atoms with E-state index in [4.69, 9.17) is 9.73 Å². The smallest absolute Gasteiger partial charge is 0.338 e. The Morgan fingerprint density at radius 2 is 2.00 bits per heavy atom. The number of nitrogens with one attached hydrogen (secondary N) is 1. The molecule has 2 heterocycles. The largest absolute Gasteiger partial charge is 0.456 e. The van der Waals surface area contributed by atoms with Gasteiger partial charge in [-0.2, -0.15) is 0 Å². The zero-order chi connectivity index (χ0) is 22.3. The first-order valence-corrected chi connectivity index (χ1v) is 11.5. The molecule has 164 valence electrons. The molecule has 6 nitrogen and oxygen atoms in total. The molecule has 1 aliphatic carbocycles. The molecule has 0 bridgehead atoms. The summed E-state index contributed by atoms with van der Waals surface area (Å²) in [5.41, 5.74) is 3.47. The van der Waals surface area contributed by atoms with Crippen molar-refractivity contribution in [2.24, 2.45) is 4.99 Å². The highest BCUT2D eigenvalue weighted by molar-refractivity contribution is 8.16. The molecule has 3 aliphatic rings. The van der Waals surface area contributed by atoms with Gasteiger partial charge in [0, 0.05) is 11.7 Å². The molecule has 31 heavy (non-hydrogen) atoms. The van der Waals surface area contributed by atoms with E-state index in [1.54, 1.807) is 0 Å². The van der Waals surface area contributed by atoms with Gasteiger partial charge in [-0.15, -0.1) is 0 Å². The predicted octanol–water partition coefficient (Wildman–Crippen LogP) is 4.58. The molecule has 7 heteroatoms. The second kappa shape index (κ2) is 8.19. The van der Waals surface area contributed by atoms with Gasteiger partial charge in [-0.05, 0) is 58.4 Å². The lowest BCUT2D eigenvalue weighted by atomic mass is 9.92. The van der Waals surface area contributed by atoms with E-state index in [9.17, 15) is 9.59 Å². The van der Waals surface area contributed by atoms with E-state index >= 15 is 0 Å². The van der Waals surface area contributed by atoms with Crippen LogP contribution in [0.15, 0.2) is 51.6 Å². The maximum absolute atomic E-state index is 13.3. The molecule has 1 atom stereocenters. The molecule has 2 aliphatic heterocycles. The van der Waals surface area contributed by atoms with Gasteiger partial charge in [0.05, 0.1) is 23.7 Å². The van der Waals surface area contributed by atoms with Gasteiger partial charge in [-0.3, -0.25) is 4.79 Å². The summed E-state index contributed by atoms with van der Waals surface area (Å²) in [5, 5.41) is 5.81. The van der Waals surface area contributed by atoms with Crippen molar-refractivity contribution in [2.75, 3.05) is 0 Å². The number of thioether (sulfide) groups is 1. The van der Waals surface area contributed by atoms with E-state index in [1.165, 1.54) is 11.8 Å². The molecule has 1 saturated carbocycles. The standard InChI is InChI=1S/C24H29N3O3S/c1-14-7-6-8-16(11-14)21-20(22(29)30-24(3,4)5)15(2)25-23-27(21)18(13-31-23)12-19(28)26-17-9-10-17/h6-8,11,13,17,21H,9-10,12H2,1-5H3,(H,26,28). The van der Waals surface area contributed by atoms with Crippen molar-refractivity contribution < 1.29 is 14.3 Å². The fraction of sp³-hybridized carbons (Fsp3) is 0.458. The summed E-state index contributed by atoms with van der Waals surface area (Å²) in [6, 6.07) is 8.04. The quantitative estimate of drug-likeness (QED) is 0.680. The SMILES string of the molecule is CC1=C(C(=O)OC(C)(C)C)C(c2cccc(C)c2)N2C(CC(=O)NC3CC3)=CSC2=N1. The van der Waals surface area contributed by atoms with Gasteiger partial charge < -0.3 is 15.0 Å². The third-order valence-corrected chi connectivity index (χ3v) is 6.15. The van der Waals surface area contributed by atoms with Crippen LogP contribution in [-0.4, -0.2) is 33.6 Å². The lowest BCUT2D eigenvalue weighted by Crippen LogP contribution is -2.39. The Labute approximate surface area is 187 Å². The number of hydrogen-bond acceptors (Lipinski definition) is 6. The van der Waals surface area contributed by atoms with Crippen LogP contribution in [0.2, 0.25) is 0 Å². The van der Waals surface area contributed by atoms with Crippen molar-refractivity contribution >= 4 is 28.8 Å². The van der Waals surface area contributed by atoms with Crippen LogP contribution in [0.5, 0.6) is 0 Å². The molecule has 0 aromatic heterocycles. The van der Waals surface area contributed by atoms with Crippen LogP contribution in [-0.2, 0) is 14.3 Å². The number of amidine groups is 1. The molecule has 0 saturated heterocycles. The highest BCUT2D eigenvalue weighted by Crippen LogP contribution is 2.45. The Balaban J connectivity index is 1.72. The number of rotatable bonds is 5. The van der Waals surface area contributed by atoms with Gasteiger partial charge >= 0.3 is 5.97 Å². The highest BCUT2D eigenvalue weighted by Gasteiger charge is 2.42. The first-order valence-electron chi connectivity index (χ1n) is 10.7. The number of carbonyl (C=O) groups excluding carboxylic acids is 2. The van der Waals surface area contributed by atoms with Gasteiger partial charge in [0.15, 0.2) is 5.17 Å². The molecular weight excluding hydrogens is 410 g/mol. The summed E-state index contributed by atoms with van der Waals surface area (Å²) >= 11 is 1.49. The molecule has 1 fully saturated rings. The average Bonchev–Trinajstić information content (AvgIpc) is 3.38. The maximum atomic E-state index is 13.3. The molecule has 1 aromatic rings. The Hall–Kier alpha value is -2.54. The minimum Gasteiger partial charge on any atom is -0.456 e. The predicted molar refractivity (Wildman–Crippen MR) is 123 cm³/mol. The number of aliphatic imine (C=N–C) groups is 1. The van der Waals surface area contributed by atoms with E-state index in [0.717, 1.165) is 34.8 Å². The zero-order valence-electron chi connectivity index (χ0n) is 18.7. The molecule has 0 radical (unpaired) electrons. The third kappa shape index (κ3) is 4.87. The minimum absolute atomic E-state index is 0.00341. The number of ether oxygens (including phenoxy) is 1. The van der Waals surface area contributed by atoms with Crippen LogP contribution in [0.4, 0.5) is 0 Å². The van der Waals surface area contributed by atoms with Crippen molar-refractivity contribution in [3.05, 3.63) is 57.8 Å². The van der Waals surface area contributed by atoms with E-state index < -0.39 is 11.6 Å². The third-order valence-electron chi connectivity index (χ3n) is 5.26. The van der Waals surface area contributed by atoms with Crippen LogP contribution in [0, 0.1) is 6.92 Å². The van der Waals surface area contributed by atoms with Crippen molar-refractivity contribution in [1.29, 1.82) is 0 Å². The van der Waals surface area contributed by atoms with Crippen molar-refractivity contribution in [2.45, 2.75) is 71.6 Å². The number of aryl methyl sites for hydroxylation is 1. The van der Waals surface area contributed by atoms with E-state index in [1.807, 2.05) is 63.1 Å². The average molecular weight is 440 g/mol. The van der Waals surface area contributed by atoms with E-state index in [2.05, 4.69) is 11.4 Å². The van der Waals surface area contributed by atoms with E-state index in [0.29, 0.717) is 17.3 Å². The molecule has 4 rings (SSSR count). The molecule has 1 unspecified atom stereocenters. The number of fused-ring (bicyclic) bond motifs is 1. The lowest BCUT2D eigenvalue weighted by molar-refractivity contribution is -0.150. The summed E-state index contributed by atoms with van der Waals surface area (Å²) in [4.78, 5) is 32.6. The van der Waals surface area contributed by atoms with Crippen molar-refractivity contribution in [1.82, 2.24) is 10.2 Å². The number of allylic oxidation sites excluding steroid dienone is 1. The number of benzene rings is 1. The van der Waals surface area contributed by atoms with Crippen LogP contribution in [0.25, 0.3) is 0 Å². The molecular formula is C24H29N3O3S. The topological polar surface area (TPSA) is 71.0 Å². The molecule has 1 amide bonds. The summed E-state index contributed by atoms with van der Waals surface area (Å²) in [6.45, 7) is 9.46. The number of hydrogen-bond donors (Lipinski definition) is 1. The van der Waals surface area contributed by atoms with Gasteiger partial charge in [0.1, 0.15) is 5.60 Å². The number of nitrogens with zero attached hydrogens (tertiary/aromatic N) is 2. The molecule has 1 aromatic carbocycles. The number of amides is 1. The highest BCUT2D eigenvalue weighted by atomic mass is 32.2. The van der Waals surface area contributed by atoms with Crippen molar-refractivity contribution in [3.8, 4) is 0 Å². The van der Waals surface area contributed by atoms with Crippen molar-refractivity contribution in [3.63, 3.8) is 0 Å². The lowest BCUT2D eigenvalue weighted by Gasteiger charge is -2.37. The van der Waals surface area contributed by atoms with Crippen LogP contribution in [0.1, 0.15) is 64.1 Å². The second-order valence-corrected chi connectivity index (χ2v) is 10.2. The summed E-state index contributed by atoms with van der Waals surface area (Å²) in [6.07, 6.45) is 2.35. The van der Waals surface area contributed by atoms with Crippen LogP contribution in [0.3, 0.4) is 0 Å².